The molecule has 6 heteroatoms. The van der Waals surface area contributed by atoms with Crippen molar-refractivity contribution >= 4 is 5.91 Å². The Bertz CT molecular complexity index is 684. The van der Waals surface area contributed by atoms with E-state index in [4.69, 9.17) is 9.47 Å². The quantitative estimate of drug-likeness (QED) is 0.922. The molecular formula is C16H17N3O3. The van der Waals surface area contributed by atoms with Crippen molar-refractivity contribution in [3.63, 3.8) is 0 Å². The zero-order valence-electron chi connectivity index (χ0n) is 12.1. The number of hydrogen-bond donors (Lipinski definition) is 1. The lowest BCUT2D eigenvalue weighted by Crippen LogP contribution is -2.39. The minimum atomic E-state index is 0.0440. The molecule has 0 unspecified atom stereocenters. The molecule has 1 amide bonds. The van der Waals surface area contributed by atoms with E-state index in [0.29, 0.717) is 23.0 Å². The number of hydrogen-bond acceptors (Lipinski definition) is 4. The Morgan fingerprint density at radius 3 is 3.05 bits per heavy atom. The number of carbonyl (C=O) groups excluding carboxylic acids is 1. The SMILES string of the molecule is O=C(c1ccc2c(c1)OCO2)N1CCC[C@@H](c2ccn[nH]2)C1. The molecule has 1 N–H and O–H groups in total. The number of benzene rings is 1. The first-order chi connectivity index (χ1) is 10.8. The Balaban J connectivity index is 1.52. The van der Waals surface area contributed by atoms with Gasteiger partial charge in [0.15, 0.2) is 11.5 Å². The topological polar surface area (TPSA) is 67.5 Å². The van der Waals surface area contributed by atoms with Crippen LogP contribution in [0.2, 0.25) is 0 Å². The van der Waals surface area contributed by atoms with Crippen LogP contribution in [0.25, 0.3) is 0 Å². The van der Waals surface area contributed by atoms with E-state index >= 15 is 0 Å². The lowest BCUT2D eigenvalue weighted by molar-refractivity contribution is 0.0705. The van der Waals surface area contributed by atoms with Crippen LogP contribution in [0.5, 0.6) is 11.5 Å². The lowest BCUT2D eigenvalue weighted by Gasteiger charge is -2.32. The van der Waals surface area contributed by atoms with Crippen molar-refractivity contribution < 1.29 is 14.3 Å². The maximum atomic E-state index is 12.7. The Morgan fingerprint density at radius 1 is 1.27 bits per heavy atom. The molecule has 1 fully saturated rings. The fraction of sp³-hybridized carbons (Fsp3) is 0.375. The molecule has 1 aromatic heterocycles. The normalized spacial score (nSPS) is 20.2. The molecule has 0 bridgehead atoms. The third-order valence-electron chi connectivity index (χ3n) is 4.29. The first-order valence-electron chi connectivity index (χ1n) is 7.49. The van der Waals surface area contributed by atoms with Crippen LogP contribution >= 0.6 is 0 Å². The zero-order valence-corrected chi connectivity index (χ0v) is 12.1. The molecule has 4 rings (SSSR count). The molecule has 6 nitrogen and oxygen atoms in total. The fourth-order valence-corrected chi connectivity index (χ4v) is 3.12. The van der Waals surface area contributed by atoms with Crippen LogP contribution in [0, 0.1) is 0 Å². The standard InChI is InChI=1S/C16H17N3O3/c20-16(11-3-4-14-15(8-11)22-10-21-14)19-7-1-2-12(9-19)13-5-6-17-18-13/h3-6,8,12H,1-2,7,9-10H2,(H,17,18)/t12-/m1/s1. The van der Waals surface area contributed by atoms with E-state index in [-0.39, 0.29) is 12.7 Å². The second-order valence-electron chi connectivity index (χ2n) is 5.67. The molecule has 2 aliphatic rings. The summed E-state index contributed by atoms with van der Waals surface area (Å²) in [5, 5.41) is 7.02. The molecule has 0 spiro atoms. The van der Waals surface area contributed by atoms with Crippen LogP contribution in [-0.4, -0.2) is 40.9 Å². The van der Waals surface area contributed by atoms with Crippen molar-refractivity contribution in [3.05, 3.63) is 41.7 Å². The summed E-state index contributed by atoms with van der Waals surface area (Å²) in [6, 6.07) is 7.35. The van der Waals surface area contributed by atoms with Crippen LogP contribution in [0.3, 0.4) is 0 Å². The van der Waals surface area contributed by atoms with Crippen molar-refractivity contribution in [2.45, 2.75) is 18.8 Å². The van der Waals surface area contributed by atoms with Crippen LogP contribution in [0.15, 0.2) is 30.5 Å². The second-order valence-corrected chi connectivity index (χ2v) is 5.67. The van der Waals surface area contributed by atoms with Crippen molar-refractivity contribution in [2.75, 3.05) is 19.9 Å². The van der Waals surface area contributed by atoms with Gasteiger partial charge in [0.1, 0.15) is 0 Å². The van der Waals surface area contributed by atoms with E-state index in [1.807, 2.05) is 11.0 Å². The smallest absolute Gasteiger partial charge is 0.254 e. The minimum Gasteiger partial charge on any atom is -0.454 e. The number of H-pyrrole nitrogens is 1. The number of ether oxygens (including phenoxy) is 2. The van der Waals surface area contributed by atoms with Gasteiger partial charge in [0.2, 0.25) is 6.79 Å². The van der Waals surface area contributed by atoms with Gasteiger partial charge in [-0.1, -0.05) is 0 Å². The van der Waals surface area contributed by atoms with E-state index < -0.39 is 0 Å². The van der Waals surface area contributed by atoms with Crippen molar-refractivity contribution in [1.82, 2.24) is 15.1 Å². The Kier molecular flexibility index (Phi) is 3.21. The highest BCUT2D eigenvalue weighted by atomic mass is 16.7. The molecule has 0 radical (unpaired) electrons. The Hall–Kier alpha value is -2.50. The number of fused-ring (bicyclic) bond motifs is 1. The van der Waals surface area contributed by atoms with Crippen LogP contribution in [0.1, 0.15) is 34.8 Å². The number of aromatic nitrogens is 2. The number of rotatable bonds is 2. The molecule has 2 aliphatic heterocycles. The van der Waals surface area contributed by atoms with Gasteiger partial charge >= 0.3 is 0 Å². The molecule has 0 saturated carbocycles. The highest BCUT2D eigenvalue weighted by Gasteiger charge is 2.27. The fourth-order valence-electron chi connectivity index (χ4n) is 3.12. The highest BCUT2D eigenvalue weighted by molar-refractivity contribution is 5.95. The number of piperidine rings is 1. The van der Waals surface area contributed by atoms with Gasteiger partial charge < -0.3 is 14.4 Å². The summed E-state index contributed by atoms with van der Waals surface area (Å²) >= 11 is 0. The van der Waals surface area contributed by atoms with E-state index in [0.717, 1.165) is 31.6 Å². The second kappa shape index (κ2) is 5.36. The number of aromatic amines is 1. The van der Waals surface area contributed by atoms with Crippen LogP contribution in [-0.2, 0) is 0 Å². The predicted molar refractivity (Wildman–Crippen MR) is 79.0 cm³/mol. The van der Waals surface area contributed by atoms with Gasteiger partial charge in [0, 0.05) is 36.5 Å². The maximum Gasteiger partial charge on any atom is 0.254 e. The summed E-state index contributed by atoms with van der Waals surface area (Å²) in [6.45, 7) is 1.73. The first-order valence-corrected chi connectivity index (χ1v) is 7.49. The van der Waals surface area contributed by atoms with Gasteiger partial charge in [-0.15, -0.1) is 0 Å². The summed E-state index contributed by atoms with van der Waals surface area (Å²) in [7, 11) is 0. The van der Waals surface area contributed by atoms with Crippen molar-refractivity contribution in [2.24, 2.45) is 0 Å². The third-order valence-corrected chi connectivity index (χ3v) is 4.29. The van der Waals surface area contributed by atoms with Gasteiger partial charge in [-0.2, -0.15) is 5.10 Å². The summed E-state index contributed by atoms with van der Waals surface area (Å²) in [4.78, 5) is 14.6. The molecule has 0 aliphatic carbocycles. The summed E-state index contributed by atoms with van der Waals surface area (Å²) < 4.78 is 10.6. The molecule has 3 heterocycles. The molecule has 1 aromatic carbocycles. The maximum absolute atomic E-state index is 12.7. The molecule has 22 heavy (non-hydrogen) atoms. The van der Waals surface area contributed by atoms with E-state index in [1.165, 1.54) is 0 Å². The molecule has 1 atom stereocenters. The van der Waals surface area contributed by atoms with Crippen LogP contribution < -0.4 is 9.47 Å². The lowest BCUT2D eigenvalue weighted by atomic mass is 9.94. The highest BCUT2D eigenvalue weighted by Crippen LogP contribution is 2.33. The molecular weight excluding hydrogens is 282 g/mol. The average Bonchev–Trinajstić information content (AvgIpc) is 3.25. The average molecular weight is 299 g/mol. The summed E-state index contributed by atoms with van der Waals surface area (Å²) in [6.07, 6.45) is 3.83. The summed E-state index contributed by atoms with van der Waals surface area (Å²) in [5.74, 6) is 1.72. The number of likely N-dealkylation sites (tertiary alicyclic amines) is 1. The van der Waals surface area contributed by atoms with Gasteiger partial charge in [0.25, 0.3) is 5.91 Å². The van der Waals surface area contributed by atoms with Crippen molar-refractivity contribution in [3.8, 4) is 11.5 Å². The van der Waals surface area contributed by atoms with Gasteiger partial charge in [-0.3, -0.25) is 9.89 Å². The Morgan fingerprint density at radius 2 is 2.18 bits per heavy atom. The first kappa shape index (κ1) is 13.2. The van der Waals surface area contributed by atoms with Crippen molar-refractivity contribution in [1.29, 1.82) is 0 Å². The number of carbonyl (C=O) groups is 1. The van der Waals surface area contributed by atoms with E-state index in [2.05, 4.69) is 10.2 Å². The third kappa shape index (κ3) is 2.30. The zero-order chi connectivity index (χ0) is 14.9. The molecule has 114 valence electrons. The van der Waals surface area contributed by atoms with Gasteiger partial charge in [0.05, 0.1) is 0 Å². The summed E-state index contributed by atoms with van der Waals surface area (Å²) in [5.41, 5.74) is 1.75. The van der Waals surface area contributed by atoms with Gasteiger partial charge in [-0.05, 0) is 37.1 Å². The monoisotopic (exact) mass is 299 g/mol. The molecule has 2 aromatic rings. The molecule has 1 saturated heterocycles. The number of nitrogens with one attached hydrogen (secondary N) is 1. The van der Waals surface area contributed by atoms with E-state index in [9.17, 15) is 4.79 Å². The minimum absolute atomic E-state index is 0.0440. The van der Waals surface area contributed by atoms with E-state index in [1.54, 1.807) is 24.4 Å². The van der Waals surface area contributed by atoms with Gasteiger partial charge in [-0.25, -0.2) is 0 Å². The predicted octanol–water partition coefficient (Wildman–Crippen LogP) is 2.16. The number of nitrogens with zero attached hydrogens (tertiary/aromatic N) is 2. The number of amides is 1. The van der Waals surface area contributed by atoms with Crippen LogP contribution in [0.4, 0.5) is 0 Å². The Labute approximate surface area is 128 Å². The largest absolute Gasteiger partial charge is 0.454 e.